The average Bonchev–Trinajstić information content (AvgIpc) is 2.95. The number of anilines is 2. The zero-order valence-electron chi connectivity index (χ0n) is 11.1. The number of nitrogen functional groups attached to an aromatic ring is 1. The van der Waals surface area contributed by atoms with Gasteiger partial charge in [-0.1, -0.05) is 11.3 Å². The van der Waals surface area contributed by atoms with Crippen molar-refractivity contribution in [1.82, 2.24) is 19.3 Å². The third-order valence-corrected chi connectivity index (χ3v) is 3.77. The molecule has 108 valence electrons. The number of carbonyl (C=O) groups excluding carboxylic acids is 1. The van der Waals surface area contributed by atoms with Crippen LogP contribution in [0.4, 0.5) is 10.8 Å². The summed E-state index contributed by atoms with van der Waals surface area (Å²) >= 11 is 1.32. The quantitative estimate of drug-likeness (QED) is 0.681. The van der Waals surface area contributed by atoms with Crippen molar-refractivity contribution in [2.75, 3.05) is 11.1 Å². The molecule has 3 rings (SSSR count). The lowest BCUT2D eigenvalue weighted by atomic mass is 10.3. The Kier molecular flexibility index (Phi) is 3.18. The van der Waals surface area contributed by atoms with E-state index in [0.29, 0.717) is 10.8 Å². The second-order valence-electron chi connectivity index (χ2n) is 4.48. The number of thiazole rings is 1. The minimum atomic E-state index is -0.358. The van der Waals surface area contributed by atoms with Crippen molar-refractivity contribution in [2.24, 2.45) is 7.05 Å². The molecular weight excluding hydrogens is 292 g/mol. The molecule has 3 aromatic rings. The van der Waals surface area contributed by atoms with Crippen molar-refractivity contribution >= 4 is 38.3 Å². The first kappa shape index (κ1) is 13.3. The summed E-state index contributed by atoms with van der Waals surface area (Å²) in [5.74, 6) is -0.358. The predicted octanol–water partition coefficient (Wildman–Crippen LogP) is 0.412. The number of nitrogens with one attached hydrogen (secondary N) is 1. The number of fused-ring (bicyclic) bond motifs is 1. The molecule has 0 spiro atoms. The number of benzene rings is 1. The van der Waals surface area contributed by atoms with E-state index in [1.165, 1.54) is 22.2 Å². The summed E-state index contributed by atoms with van der Waals surface area (Å²) in [5.41, 5.74) is 6.76. The minimum absolute atomic E-state index is 0.155. The number of aromatic nitrogens is 4. The lowest BCUT2D eigenvalue weighted by Crippen LogP contribution is -2.29. The van der Waals surface area contributed by atoms with Gasteiger partial charge in [-0.2, -0.15) is 5.10 Å². The van der Waals surface area contributed by atoms with Gasteiger partial charge in [0.05, 0.1) is 10.2 Å². The largest absolute Gasteiger partial charge is 0.399 e. The van der Waals surface area contributed by atoms with E-state index in [-0.39, 0.29) is 18.1 Å². The van der Waals surface area contributed by atoms with E-state index in [2.05, 4.69) is 15.4 Å². The second kappa shape index (κ2) is 5.02. The van der Waals surface area contributed by atoms with E-state index >= 15 is 0 Å². The highest BCUT2D eigenvalue weighted by Crippen LogP contribution is 2.27. The van der Waals surface area contributed by atoms with Crippen LogP contribution in [0.5, 0.6) is 0 Å². The molecule has 0 atom stereocenters. The number of rotatable bonds is 3. The van der Waals surface area contributed by atoms with Gasteiger partial charge in [-0.25, -0.2) is 14.5 Å². The van der Waals surface area contributed by atoms with Gasteiger partial charge in [0.25, 0.3) is 0 Å². The van der Waals surface area contributed by atoms with E-state index < -0.39 is 0 Å². The first-order chi connectivity index (χ1) is 10.0. The van der Waals surface area contributed by atoms with Gasteiger partial charge in [0.2, 0.25) is 5.91 Å². The third-order valence-electron chi connectivity index (χ3n) is 2.84. The van der Waals surface area contributed by atoms with Crippen molar-refractivity contribution in [3.8, 4) is 0 Å². The standard InChI is InChI=1S/C12H12N6O2S/c1-17-6-14-18(12(17)20)5-10(19)16-11-15-8-3-2-7(13)4-9(8)21-11/h2-4,6H,5,13H2,1H3,(H,15,16,19). The summed E-state index contributed by atoms with van der Waals surface area (Å²) in [6.07, 6.45) is 1.36. The van der Waals surface area contributed by atoms with Crippen molar-refractivity contribution in [3.63, 3.8) is 0 Å². The number of nitrogens with zero attached hydrogens (tertiary/aromatic N) is 4. The highest BCUT2D eigenvalue weighted by atomic mass is 32.1. The highest BCUT2D eigenvalue weighted by molar-refractivity contribution is 7.22. The number of carbonyl (C=O) groups is 1. The number of nitrogens with two attached hydrogens (primary N) is 1. The lowest BCUT2D eigenvalue weighted by molar-refractivity contribution is -0.117. The Bertz CT molecular complexity index is 877. The van der Waals surface area contributed by atoms with E-state index in [1.807, 2.05) is 0 Å². The van der Waals surface area contributed by atoms with E-state index in [1.54, 1.807) is 25.2 Å². The molecule has 0 saturated carbocycles. The van der Waals surface area contributed by atoms with Crippen molar-refractivity contribution in [2.45, 2.75) is 6.54 Å². The molecule has 9 heteroatoms. The molecular formula is C12H12N6O2S. The average molecular weight is 304 g/mol. The van der Waals surface area contributed by atoms with Crippen LogP contribution in [0, 0.1) is 0 Å². The molecule has 0 fully saturated rings. The molecule has 0 aliphatic heterocycles. The minimum Gasteiger partial charge on any atom is -0.399 e. The lowest BCUT2D eigenvalue weighted by Gasteiger charge is -2.00. The molecule has 2 heterocycles. The Balaban J connectivity index is 1.77. The second-order valence-corrected chi connectivity index (χ2v) is 5.51. The molecule has 0 radical (unpaired) electrons. The topological polar surface area (TPSA) is 108 Å². The van der Waals surface area contributed by atoms with Crippen LogP contribution < -0.4 is 16.7 Å². The van der Waals surface area contributed by atoms with Crippen LogP contribution in [-0.4, -0.2) is 25.2 Å². The summed E-state index contributed by atoms with van der Waals surface area (Å²) in [6.45, 7) is -0.155. The van der Waals surface area contributed by atoms with E-state index in [0.717, 1.165) is 14.9 Å². The first-order valence-corrected chi connectivity index (χ1v) is 6.89. The van der Waals surface area contributed by atoms with Gasteiger partial charge in [0.15, 0.2) is 5.13 Å². The van der Waals surface area contributed by atoms with Crippen molar-refractivity contribution in [1.29, 1.82) is 0 Å². The van der Waals surface area contributed by atoms with Gasteiger partial charge in [0, 0.05) is 12.7 Å². The number of aryl methyl sites for hydroxylation is 1. The zero-order chi connectivity index (χ0) is 15.0. The SMILES string of the molecule is Cn1cnn(CC(=O)Nc2nc3ccc(N)cc3s2)c1=O. The zero-order valence-corrected chi connectivity index (χ0v) is 11.9. The normalized spacial score (nSPS) is 10.9. The Morgan fingerprint density at radius 3 is 3.00 bits per heavy atom. The fraction of sp³-hybridized carbons (Fsp3) is 0.167. The predicted molar refractivity (Wildman–Crippen MR) is 80.1 cm³/mol. The van der Waals surface area contributed by atoms with E-state index in [4.69, 9.17) is 5.73 Å². The van der Waals surface area contributed by atoms with Gasteiger partial charge in [-0.3, -0.25) is 9.36 Å². The van der Waals surface area contributed by atoms with Crippen LogP contribution in [0.25, 0.3) is 10.2 Å². The fourth-order valence-corrected chi connectivity index (χ4v) is 2.75. The summed E-state index contributed by atoms with van der Waals surface area (Å²) < 4.78 is 3.27. The number of hydrogen-bond acceptors (Lipinski definition) is 6. The molecule has 0 bridgehead atoms. The molecule has 8 nitrogen and oxygen atoms in total. The summed E-state index contributed by atoms with van der Waals surface area (Å²) in [6, 6.07) is 5.34. The summed E-state index contributed by atoms with van der Waals surface area (Å²) in [4.78, 5) is 27.8. The maximum Gasteiger partial charge on any atom is 0.345 e. The molecule has 1 amide bonds. The van der Waals surface area contributed by atoms with Crippen LogP contribution in [-0.2, 0) is 18.4 Å². The molecule has 3 N–H and O–H groups in total. The third kappa shape index (κ3) is 2.63. The Labute approximate surface area is 122 Å². The molecule has 0 unspecified atom stereocenters. The summed E-state index contributed by atoms with van der Waals surface area (Å²) in [7, 11) is 1.57. The van der Waals surface area contributed by atoms with Crippen molar-refractivity contribution < 1.29 is 4.79 Å². The van der Waals surface area contributed by atoms with Crippen molar-refractivity contribution in [3.05, 3.63) is 35.0 Å². The van der Waals surface area contributed by atoms with Gasteiger partial charge in [-0.15, -0.1) is 0 Å². The Morgan fingerprint density at radius 1 is 1.48 bits per heavy atom. The molecule has 21 heavy (non-hydrogen) atoms. The molecule has 2 aromatic heterocycles. The molecule has 0 saturated heterocycles. The van der Waals surface area contributed by atoms with Gasteiger partial charge in [0.1, 0.15) is 12.9 Å². The van der Waals surface area contributed by atoms with Crippen LogP contribution >= 0.6 is 11.3 Å². The maximum absolute atomic E-state index is 11.9. The number of hydrogen-bond donors (Lipinski definition) is 2. The fourth-order valence-electron chi connectivity index (χ4n) is 1.82. The van der Waals surface area contributed by atoms with Crippen LogP contribution in [0.2, 0.25) is 0 Å². The summed E-state index contributed by atoms with van der Waals surface area (Å²) in [5, 5.41) is 6.94. The van der Waals surface area contributed by atoms with Crippen LogP contribution in [0.3, 0.4) is 0 Å². The highest BCUT2D eigenvalue weighted by Gasteiger charge is 2.11. The van der Waals surface area contributed by atoms with Crippen LogP contribution in [0.15, 0.2) is 29.3 Å². The van der Waals surface area contributed by atoms with E-state index in [9.17, 15) is 9.59 Å². The number of amides is 1. The molecule has 0 aliphatic carbocycles. The monoisotopic (exact) mass is 304 g/mol. The first-order valence-electron chi connectivity index (χ1n) is 6.07. The molecule has 1 aromatic carbocycles. The van der Waals surface area contributed by atoms with Gasteiger partial charge < -0.3 is 11.1 Å². The Morgan fingerprint density at radius 2 is 2.29 bits per heavy atom. The van der Waals surface area contributed by atoms with Gasteiger partial charge >= 0.3 is 5.69 Å². The smallest absolute Gasteiger partial charge is 0.345 e. The Hall–Kier alpha value is -2.68. The molecule has 0 aliphatic rings. The van der Waals surface area contributed by atoms with Crippen LogP contribution in [0.1, 0.15) is 0 Å². The van der Waals surface area contributed by atoms with Gasteiger partial charge in [-0.05, 0) is 18.2 Å². The maximum atomic E-state index is 11.9.